The Morgan fingerprint density at radius 3 is 2.67 bits per heavy atom. The minimum Gasteiger partial charge on any atom is -0.497 e. The Labute approximate surface area is 173 Å². The van der Waals surface area contributed by atoms with Gasteiger partial charge in [-0.1, -0.05) is 35.5 Å². The number of rotatable bonds is 7. The molecule has 0 bridgehead atoms. The summed E-state index contributed by atoms with van der Waals surface area (Å²) in [5.74, 6) is 0.158. The van der Waals surface area contributed by atoms with E-state index in [1.807, 2.05) is 54.6 Å². The average molecular weight is 406 g/mol. The Morgan fingerprint density at radius 2 is 1.93 bits per heavy atom. The van der Waals surface area contributed by atoms with Crippen molar-refractivity contribution in [3.8, 4) is 17.0 Å². The van der Waals surface area contributed by atoms with Crippen LogP contribution in [0.25, 0.3) is 11.3 Å². The molecule has 0 saturated carbocycles. The summed E-state index contributed by atoms with van der Waals surface area (Å²) in [6, 6.07) is 17.1. The standard InChI is InChI=1S/C22H22N4O4/c1-29-18-9-7-16(8-10-18)21-19(24-30-25-21)12-23-22(28)17-11-20(27)26(14-17)13-15-5-3-2-4-6-15/h2-10,17H,11-14H2,1H3,(H,23,28). The molecule has 0 aliphatic carbocycles. The maximum Gasteiger partial charge on any atom is 0.225 e. The number of hydrogen-bond acceptors (Lipinski definition) is 6. The number of nitrogens with zero attached hydrogens (tertiary/aromatic N) is 3. The smallest absolute Gasteiger partial charge is 0.225 e. The molecule has 0 spiro atoms. The number of amides is 2. The molecule has 1 unspecified atom stereocenters. The lowest BCUT2D eigenvalue weighted by atomic mass is 10.1. The summed E-state index contributed by atoms with van der Waals surface area (Å²) < 4.78 is 10.0. The van der Waals surface area contributed by atoms with E-state index < -0.39 is 0 Å². The van der Waals surface area contributed by atoms with Gasteiger partial charge in [0.1, 0.15) is 17.1 Å². The SMILES string of the molecule is COc1ccc(-c2nonc2CNC(=O)C2CC(=O)N(Cc3ccccc3)C2)cc1. The summed E-state index contributed by atoms with van der Waals surface area (Å²) in [6.07, 6.45) is 0.209. The summed E-state index contributed by atoms with van der Waals surface area (Å²) in [5, 5.41) is 10.7. The molecule has 8 heteroatoms. The van der Waals surface area contributed by atoms with E-state index in [4.69, 9.17) is 9.37 Å². The second-order valence-corrected chi connectivity index (χ2v) is 7.17. The highest BCUT2D eigenvalue weighted by atomic mass is 16.6. The van der Waals surface area contributed by atoms with E-state index in [2.05, 4.69) is 15.6 Å². The molecule has 2 amide bonds. The van der Waals surface area contributed by atoms with Gasteiger partial charge in [0, 0.05) is 25.1 Å². The van der Waals surface area contributed by atoms with Gasteiger partial charge in [0.05, 0.1) is 19.6 Å². The maximum absolute atomic E-state index is 12.6. The number of methoxy groups -OCH3 is 1. The summed E-state index contributed by atoms with van der Waals surface area (Å²) in [6.45, 7) is 1.09. The Morgan fingerprint density at radius 1 is 1.17 bits per heavy atom. The molecule has 1 atom stereocenters. The van der Waals surface area contributed by atoms with Gasteiger partial charge < -0.3 is 15.0 Å². The van der Waals surface area contributed by atoms with Crippen LogP contribution in [0, 0.1) is 5.92 Å². The van der Waals surface area contributed by atoms with E-state index in [0.717, 1.165) is 16.9 Å². The van der Waals surface area contributed by atoms with Crippen LogP contribution in [0.4, 0.5) is 0 Å². The number of carbonyl (C=O) groups is 2. The molecular weight excluding hydrogens is 384 g/mol. The summed E-state index contributed by atoms with van der Waals surface area (Å²) >= 11 is 0. The highest BCUT2D eigenvalue weighted by molar-refractivity contribution is 5.89. The van der Waals surface area contributed by atoms with Crippen LogP contribution >= 0.6 is 0 Å². The molecule has 154 valence electrons. The van der Waals surface area contributed by atoms with Crippen LogP contribution in [-0.2, 0) is 22.7 Å². The highest BCUT2D eigenvalue weighted by Gasteiger charge is 2.34. The lowest BCUT2D eigenvalue weighted by molar-refractivity contribution is -0.129. The van der Waals surface area contributed by atoms with Crippen LogP contribution < -0.4 is 10.1 Å². The molecule has 3 aromatic rings. The van der Waals surface area contributed by atoms with Crippen molar-refractivity contribution in [3.63, 3.8) is 0 Å². The van der Waals surface area contributed by atoms with E-state index in [1.54, 1.807) is 12.0 Å². The minimum absolute atomic E-state index is 0.0129. The number of carbonyl (C=O) groups excluding carboxylic acids is 2. The van der Waals surface area contributed by atoms with E-state index in [-0.39, 0.29) is 30.7 Å². The van der Waals surface area contributed by atoms with Gasteiger partial charge in [-0.3, -0.25) is 9.59 Å². The van der Waals surface area contributed by atoms with Crippen molar-refractivity contribution in [2.75, 3.05) is 13.7 Å². The van der Waals surface area contributed by atoms with Crippen molar-refractivity contribution in [2.45, 2.75) is 19.5 Å². The van der Waals surface area contributed by atoms with Gasteiger partial charge in [0.25, 0.3) is 0 Å². The third-order valence-electron chi connectivity index (χ3n) is 5.15. The number of benzene rings is 2. The number of aromatic nitrogens is 2. The lowest BCUT2D eigenvalue weighted by Gasteiger charge is -2.16. The van der Waals surface area contributed by atoms with Gasteiger partial charge in [-0.2, -0.15) is 0 Å². The van der Waals surface area contributed by atoms with Crippen molar-refractivity contribution in [1.82, 2.24) is 20.5 Å². The van der Waals surface area contributed by atoms with E-state index in [0.29, 0.717) is 24.5 Å². The van der Waals surface area contributed by atoms with Crippen LogP contribution in [0.3, 0.4) is 0 Å². The molecule has 8 nitrogen and oxygen atoms in total. The lowest BCUT2D eigenvalue weighted by Crippen LogP contribution is -2.32. The van der Waals surface area contributed by atoms with E-state index in [9.17, 15) is 9.59 Å². The first-order valence-electron chi connectivity index (χ1n) is 9.69. The van der Waals surface area contributed by atoms with Gasteiger partial charge in [-0.15, -0.1) is 0 Å². The zero-order chi connectivity index (χ0) is 20.9. The van der Waals surface area contributed by atoms with Gasteiger partial charge in [0.2, 0.25) is 11.8 Å². The van der Waals surface area contributed by atoms with Crippen LogP contribution in [-0.4, -0.2) is 40.7 Å². The molecular formula is C22H22N4O4. The predicted molar refractivity (Wildman–Crippen MR) is 108 cm³/mol. The Bertz CT molecular complexity index is 1020. The fraction of sp³-hybridized carbons (Fsp3) is 0.273. The molecule has 2 aromatic carbocycles. The minimum atomic E-state index is -0.384. The van der Waals surface area contributed by atoms with Crippen molar-refractivity contribution in [1.29, 1.82) is 0 Å². The second kappa shape index (κ2) is 8.77. The fourth-order valence-corrected chi connectivity index (χ4v) is 3.51. The first-order chi connectivity index (χ1) is 14.6. The van der Waals surface area contributed by atoms with Crippen molar-refractivity contribution in [2.24, 2.45) is 5.92 Å². The highest BCUT2D eigenvalue weighted by Crippen LogP contribution is 2.24. The molecule has 1 aliphatic rings. The first kappa shape index (κ1) is 19.6. The molecule has 1 aliphatic heterocycles. The van der Waals surface area contributed by atoms with Gasteiger partial charge >= 0.3 is 0 Å². The zero-order valence-electron chi connectivity index (χ0n) is 16.6. The van der Waals surface area contributed by atoms with Gasteiger partial charge in [0.15, 0.2) is 0 Å². The molecule has 1 saturated heterocycles. The fourth-order valence-electron chi connectivity index (χ4n) is 3.51. The third-order valence-corrected chi connectivity index (χ3v) is 5.15. The normalized spacial score (nSPS) is 16.0. The van der Waals surface area contributed by atoms with Crippen LogP contribution in [0.1, 0.15) is 17.7 Å². The van der Waals surface area contributed by atoms with Crippen molar-refractivity contribution >= 4 is 11.8 Å². The van der Waals surface area contributed by atoms with Crippen molar-refractivity contribution < 1.29 is 19.0 Å². The number of ether oxygens (including phenoxy) is 1. The molecule has 2 heterocycles. The van der Waals surface area contributed by atoms with Gasteiger partial charge in [-0.05, 0) is 35.0 Å². The van der Waals surface area contributed by atoms with Crippen molar-refractivity contribution in [3.05, 3.63) is 65.9 Å². The Kier molecular flexibility index (Phi) is 5.74. The monoisotopic (exact) mass is 406 g/mol. The number of likely N-dealkylation sites (tertiary alicyclic amines) is 1. The third kappa shape index (κ3) is 4.32. The molecule has 1 aromatic heterocycles. The van der Waals surface area contributed by atoms with Gasteiger partial charge in [-0.25, -0.2) is 4.63 Å². The number of hydrogen-bond donors (Lipinski definition) is 1. The molecule has 0 radical (unpaired) electrons. The average Bonchev–Trinajstić information content (AvgIpc) is 3.40. The molecule has 30 heavy (non-hydrogen) atoms. The van der Waals surface area contributed by atoms with Crippen LogP contribution in [0.5, 0.6) is 5.75 Å². The quantitative estimate of drug-likeness (QED) is 0.647. The summed E-state index contributed by atoms with van der Waals surface area (Å²) in [7, 11) is 1.60. The Hall–Kier alpha value is -3.68. The maximum atomic E-state index is 12.6. The van der Waals surface area contributed by atoms with E-state index >= 15 is 0 Å². The summed E-state index contributed by atoms with van der Waals surface area (Å²) in [5.41, 5.74) is 2.95. The molecule has 4 rings (SSSR count). The largest absolute Gasteiger partial charge is 0.497 e. The second-order valence-electron chi connectivity index (χ2n) is 7.17. The van der Waals surface area contributed by atoms with E-state index in [1.165, 1.54) is 0 Å². The zero-order valence-corrected chi connectivity index (χ0v) is 16.6. The topological polar surface area (TPSA) is 97.6 Å². The van der Waals surface area contributed by atoms with Crippen LogP contribution in [0.2, 0.25) is 0 Å². The first-order valence-corrected chi connectivity index (χ1v) is 9.69. The Balaban J connectivity index is 1.35. The predicted octanol–water partition coefficient (Wildman–Crippen LogP) is 2.41. The molecule has 1 fully saturated rings. The number of nitrogens with one attached hydrogen (secondary N) is 1. The molecule has 1 N–H and O–H groups in total. The summed E-state index contributed by atoms with van der Waals surface area (Å²) in [4.78, 5) is 26.7. The van der Waals surface area contributed by atoms with Crippen LogP contribution in [0.15, 0.2) is 59.2 Å².